The molecule has 0 aliphatic carbocycles. The van der Waals surface area contributed by atoms with Gasteiger partial charge in [-0.1, -0.05) is 0 Å². The van der Waals surface area contributed by atoms with Crippen molar-refractivity contribution in [2.75, 3.05) is 0 Å². The van der Waals surface area contributed by atoms with Crippen LogP contribution in [0.4, 0.5) is 13.2 Å². The van der Waals surface area contributed by atoms with Crippen LogP contribution in [0.5, 0.6) is 0 Å². The van der Waals surface area contributed by atoms with Gasteiger partial charge in [0.1, 0.15) is 10.6 Å². The van der Waals surface area contributed by atoms with Crippen molar-refractivity contribution in [3.63, 3.8) is 0 Å². The van der Waals surface area contributed by atoms with Gasteiger partial charge >= 0.3 is 0 Å². The summed E-state index contributed by atoms with van der Waals surface area (Å²) in [4.78, 5) is 0. The van der Waals surface area contributed by atoms with Crippen molar-refractivity contribution in [1.82, 2.24) is 4.72 Å². The summed E-state index contributed by atoms with van der Waals surface area (Å²) in [6, 6.07) is 0.588. The third-order valence-corrected chi connectivity index (χ3v) is 4.03. The van der Waals surface area contributed by atoms with Gasteiger partial charge < -0.3 is 4.55 Å². The molecule has 1 aromatic carbocycles. The Morgan fingerprint density at radius 3 is 2.11 bits per heavy atom. The fraction of sp³-hybridized carbons (Fsp3) is 0.500. The SMILES string of the molecule is C[C@H](N[S@+]([O-])C(C)(C)C)c1cc(F)c(F)cc1F. The van der Waals surface area contributed by atoms with Crippen LogP contribution in [0.1, 0.15) is 39.3 Å². The maximum atomic E-state index is 13.5. The van der Waals surface area contributed by atoms with Gasteiger partial charge in [-0.2, -0.15) is 0 Å². The summed E-state index contributed by atoms with van der Waals surface area (Å²) in [7, 11) is 0. The van der Waals surface area contributed by atoms with E-state index in [4.69, 9.17) is 0 Å². The van der Waals surface area contributed by atoms with Gasteiger partial charge in [0, 0.05) is 23.0 Å². The molecule has 0 heterocycles. The smallest absolute Gasteiger partial charge is 0.161 e. The Bertz CT molecular complexity index is 434. The van der Waals surface area contributed by atoms with Crippen molar-refractivity contribution >= 4 is 11.4 Å². The molecule has 1 aromatic rings. The van der Waals surface area contributed by atoms with E-state index in [-0.39, 0.29) is 5.56 Å². The minimum atomic E-state index is -1.42. The quantitative estimate of drug-likeness (QED) is 0.681. The minimum Gasteiger partial charge on any atom is -0.598 e. The van der Waals surface area contributed by atoms with E-state index in [1.807, 2.05) is 0 Å². The Hall–Kier alpha value is -0.720. The Morgan fingerprint density at radius 1 is 1.11 bits per heavy atom. The molecule has 0 saturated heterocycles. The fourth-order valence-electron chi connectivity index (χ4n) is 1.27. The predicted octanol–water partition coefficient (Wildman–Crippen LogP) is 3.22. The maximum absolute atomic E-state index is 13.5. The normalized spacial score (nSPS) is 15.6. The molecule has 0 aliphatic rings. The van der Waals surface area contributed by atoms with Crippen LogP contribution in [0, 0.1) is 17.5 Å². The molecule has 2 atom stereocenters. The van der Waals surface area contributed by atoms with Gasteiger partial charge in [0.05, 0.1) is 6.04 Å². The first kappa shape index (κ1) is 15.3. The first-order valence-corrected chi connectivity index (χ1v) is 6.60. The standard InChI is InChI=1S/C12H16F3NOS/c1-7(16-18(17)12(2,3)4)8-5-10(14)11(15)6-9(8)13/h5-7,16H,1-4H3/t7-,18+/m0/s1. The van der Waals surface area contributed by atoms with Gasteiger partial charge in [0.15, 0.2) is 11.6 Å². The molecule has 1 N–H and O–H groups in total. The Kier molecular flexibility index (Phi) is 4.69. The van der Waals surface area contributed by atoms with Gasteiger partial charge in [0.25, 0.3) is 0 Å². The molecule has 0 amide bonds. The van der Waals surface area contributed by atoms with Crippen LogP contribution in [-0.2, 0) is 11.4 Å². The molecule has 0 saturated carbocycles. The van der Waals surface area contributed by atoms with Crippen molar-refractivity contribution < 1.29 is 17.7 Å². The highest BCUT2D eigenvalue weighted by Crippen LogP contribution is 2.23. The zero-order valence-electron chi connectivity index (χ0n) is 10.7. The van der Waals surface area contributed by atoms with Crippen LogP contribution >= 0.6 is 0 Å². The lowest BCUT2D eigenvalue weighted by atomic mass is 10.1. The molecule has 0 bridgehead atoms. The van der Waals surface area contributed by atoms with E-state index in [2.05, 4.69) is 4.72 Å². The van der Waals surface area contributed by atoms with E-state index in [0.717, 1.165) is 6.07 Å². The largest absolute Gasteiger partial charge is 0.598 e. The molecule has 0 aliphatic heterocycles. The lowest BCUT2D eigenvalue weighted by Crippen LogP contribution is -2.40. The van der Waals surface area contributed by atoms with E-state index in [1.54, 1.807) is 27.7 Å². The van der Waals surface area contributed by atoms with E-state index in [1.165, 1.54) is 0 Å². The van der Waals surface area contributed by atoms with Crippen molar-refractivity contribution in [3.8, 4) is 0 Å². The Morgan fingerprint density at radius 2 is 1.61 bits per heavy atom. The summed E-state index contributed by atoms with van der Waals surface area (Å²) in [5, 5.41) is 0. The highest BCUT2D eigenvalue weighted by molar-refractivity contribution is 7.90. The third-order valence-electron chi connectivity index (χ3n) is 2.35. The summed E-state index contributed by atoms with van der Waals surface area (Å²) in [6.45, 7) is 6.80. The molecule has 1 rings (SSSR count). The Labute approximate surface area is 108 Å². The molecule has 102 valence electrons. The number of hydrogen-bond acceptors (Lipinski definition) is 2. The molecular formula is C12H16F3NOS. The lowest BCUT2D eigenvalue weighted by molar-refractivity contribution is 0.480. The van der Waals surface area contributed by atoms with Gasteiger partial charge in [0.2, 0.25) is 0 Å². The topological polar surface area (TPSA) is 35.1 Å². The Balaban J connectivity index is 2.91. The summed E-state index contributed by atoms with van der Waals surface area (Å²) in [5.74, 6) is -3.22. The fourth-order valence-corrected chi connectivity index (χ4v) is 2.07. The van der Waals surface area contributed by atoms with E-state index in [0.29, 0.717) is 6.07 Å². The molecular weight excluding hydrogens is 263 g/mol. The van der Waals surface area contributed by atoms with Crippen LogP contribution in [0.3, 0.4) is 0 Å². The molecule has 0 radical (unpaired) electrons. The zero-order valence-corrected chi connectivity index (χ0v) is 11.5. The van der Waals surface area contributed by atoms with Gasteiger partial charge in [-0.25, -0.2) is 13.2 Å². The summed E-state index contributed by atoms with van der Waals surface area (Å²) in [5.41, 5.74) is -0.0495. The van der Waals surface area contributed by atoms with Gasteiger partial charge in [-0.3, -0.25) is 0 Å². The predicted molar refractivity (Wildman–Crippen MR) is 65.8 cm³/mol. The summed E-state index contributed by atoms with van der Waals surface area (Å²) >= 11 is -1.42. The van der Waals surface area contributed by atoms with Crippen molar-refractivity contribution in [3.05, 3.63) is 35.1 Å². The van der Waals surface area contributed by atoms with E-state index < -0.39 is 39.6 Å². The van der Waals surface area contributed by atoms with Crippen LogP contribution in [0.25, 0.3) is 0 Å². The first-order chi connectivity index (χ1) is 8.12. The van der Waals surface area contributed by atoms with Crippen molar-refractivity contribution in [1.29, 1.82) is 0 Å². The average Bonchev–Trinajstić information content (AvgIpc) is 2.21. The molecule has 2 nitrogen and oxygen atoms in total. The average molecular weight is 279 g/mol. The van der Waals surface area contributed by atoms with E-state index in [9.17, 15) is 17.7 Å². The summed E-state index contributed by atoms with van der Waals surface area (Å²) in [6.07, 6.45) is 0. The number of benzene rings is 1. The van der Waals surface area contributed by atoms with Gasteiger partial charge in [-0.15, -0.1) is 4.72 Å². The summed E-state index contributed by atoms with van der Waals surface area (Å²) < 4.78 is 53.3. The number of hydrogen-bond donors (Lipinski definition) is 1. The monoisotopic (exact) mass is 279 g/mol. The van der Waals surface area contributed by atoms with Crippen LogP contribution in [0.2, 0.25) is 0 Å². The molecule has 0 fully saturated rings. The highest BCUT2D eigenvalue weighted by atomic mass is 32.2. The molecule has 18 heavy (non-hydrogen) atoms. The minimum absolute atomic E-state index is 0.0495. The lowest BCUT2D eigenvalue weighted by Gasteiger charge is -2.26. The highest BCUT2D eigenvalue weighted by Gasteiger charge is 2.29. The van der Waals surface area contributed by atoms with Crippen molar-refractivity contribution in [2.24, 2.45) is 0 Å². The molecule has 0 aromatic heterocycles. The van der Waals surface area contributed by atoms with Crippen molar-refractivity contribution in [2.45, 2.75) is 38.5 Å². The maximum Gasteiger partial charge on any atom is 0.161 e. The second-order valence-corrected chi connectivity index (χ2v) is 7.01. The number of halogens is 3. The molecule has 6 heteroatoms. The van der Waals surface area contributed by atoms with Gasteiger partial charge in [-0.05, 0) is 33.8 Å². The first-order valence-electron chi connectivity index (χ1n) is 5.45. The van der Waals surface area contributed by atoms with Crippen LogP contribution in [-0.4, -0.2) is 9.30 Å². The van der Waals surface area contributed by atoms with E-state index >= 15 is 0 Å². The number of nitrogens with one attached hydrogen (secondary N) is 1. The molecule has 0 unspecified atom stereocenters. The number of rotatable bonds is 3. The molecule has 0 spiro atoms. The second-order valence-electron chi connectivity index (χ2n) is 5.01. The van der Waals surface area contributed by atoms with Crippen LogP contribution in [0.15, 0.2) is 12.1 Å². The van der Waals surface area contributed by atoms with Crippen LogP contribution < -0.4 is 4.72 Å². The third kappa shape index (κ3) is 3.63. The second kappa shape index (κ2) is 5.50. The zero-order chi connectivity index (χ0) is 14.1.